The molecule has 1 atom stereocenters. The molecule has 0 aromatic heterocycles. The topological polar surface area (TPSA) is 9.23 Å². The van der Waals surface area contributed by atoms with E-state index >= 15 is 0 Å². The van der Waals surface area contributed by atoms with E-state index < -0.39 is 0 Å². The molecule has 1 rings (SSSR count). The van der Waals surface area contributed by atoms with Crippen LogP contribution in [-0.4, -0.2) is 13.7 Å². The number of hydrogen-bond donors (Lipinski definition) is 0. The molecule has 5 heteroatoms. The summed E-state index contributed by atoms with van der Waals surface area (Å²) in [6.07, 6.45) is 5.65. The Kier molecular flexibility index (Phi) is 12.9. The number of methoxy groups -OCH3 is 1. The van der Waals surface area contributed by atoms with Gasteiger partial charge in [0, 0.05) is 0 Å². The van der Waals surface area contributed by atoms with Gasteiger partial charge >= 0.3 is 86.2 Å². The second-order valence-corrected chi connectivity index (χ2v) is 5.11. The molecule has 0 aromatic rings. The van der Waals surface area contributed by atoms with Crippen molar-refractivity contribution in [2.75, 3.05) is 13.7 Å². The minimum absolute atomic E-state index is 0. The van der Waals surface area contributed by atoms with Crippen molar-refractivity contribution < 1.29 is 62.4 Å². The van der Waals surface area contributed by atoms with Gasteiger partial charge in [-0.2, -0.15) is 0 Å². The Bertz CT molecular complexity index is 237. The molecule has 1 aliphatic rings. The molecule has 0 bridgehead atoms. The van der Waals surface area contributed by atoms with Crippen molar-refractivity contribution >= 4 is 0 Å². The molecule has 1 unspecified atom stereocenters. The first-order chi connectivity index (χ1) is 5.56. The van der Waals surface area contributed by atoms with Crippen molar-refractivity contribution in [1.29, 1.82) is 0 Å². The summed E-state index contributed by atoms with van der Waals surface area (Å²) in [5.74, 6) is 0. The monoisotopic (exact) mass is 304 g/mol. The van der Waals surface area contributed by atoms with Crippen molar-refractivity contribution in [3.8, 4) is 0 Å². The van der Waals surface area contributed by atoms with Crippen molar-refractivity contribution in [1.82, 2.24) is 0 Å². The maximum atomic E-state index is 5.04. The predicted octanol–water partition coefficient (Wildman–Crippen LogP) is -6.35. The molecule has 86 valence electrons. The third kappa shape index (κ3) is 6.36. The van der Waals surface area contributed by atoms with Gasteiger partial charge in [0.2, 0.25) is 0 Å². The molecule has 0 saturated carbocycles. The average Bonchev–Trinajstić information content (AvgIpc) is 2.22. The average molecular weight is 305 g/mol. The van der Waals surface area contributed by atoms with Crippen LogP contribution in [0.2, 0.25) is 3.72 Å². The van der Waals surface area contributed by atoms with Gasteiger partial charge in [-0.3, -0.25) is 0 Å². The largest absolute Gasteiger partial charge is 1.00 e. The first kappa shape index (κ1) is 21.3. The Morgan fingerprint density at radius 1 is 1.33 bits per heavy atom. The van der Waals surface area contributed by atoms with Crippen LogP contribution in [0.25, 0.3) is 0 Å². The van der Waals surface area contributed by atoms with Crippen LogP contribution in [0.15, 0.2) is 23.3 Å². The Balaban J connectivity index is -0.000000480. The van der Waals surface area contributed by atoms with E-state index in [1.165, 1.54) is 11.1 Å². The Labute approximate surface area is 123 Å². The van der Waals surface area contributed by atoms with Crippen LogP contribution >= 0.6 is 0 Å². The molecule has 15 heavy (non-hydrogen) atoms. The standard InChI is InChI=1S/C10H15O.3ClH.Ti/c1-8-6-10(4-5-11-3)7-9(8)2;;;;/h6-7H,4-5H2,1-3H3;3*1H;/q;;;;+3/p-3. The van der Waals surface area contributed by atoms with E-state index in [9.17, 15) is 0 Å². The zero-order chi connectivity index (χ0) is 9.19. The second kappa shape index (κ2) is 9.10. The first-order valence-electron chi connectivity index (χ1n) is 4.21. The van der Waals surface area contributed by atoms with Gasteiger partial charge in [0.25, 0.3) is 0 Å². The molecule has 0 N–H and O–H groups in total. The van der Waals surface area contributed by atoms with Crippen LogP contribution in [-0.2, 0) is 25.2 Å². The minimum atomic E-state index is 0. The van der Waals surface area contributed by atoms with Gasteiger partial charge in [0.05, 0.1) is 0 Å². The molecule has 0 amide bonds. The number of rotatable bonds is 3. The molecule has 0 aliphatic heterocycles. The van der Waals surface area contributed by atoms with Crippen molar-refractivity contribution in [2.24, 2.45) is 0 Å². The van der Waals surface area contributed by atoms with E-state index in [1.54, 1.807) is 7.11 Å². The Morgan fingerprint density at radius 2 is 1.87 bits per heavy atom. The van der Waals surface area contributed by atoms with E-state index in [-0.39, 0.29) is 40.9 Å². The van der Waals surface area contributed by atoms with Crippen LogP contribution in [0.1, 0.15) is 20.3 Å². The molecule has 0 spiro atoms. The number of ether oxygens (including phenoxy) is 1. The van der Waals surface area contributed by atoms with Crippen molar-refractivity contribution in [3.05, 3.63) is 23.3 Å². The van der Waals surface area contributed by atoms with E-state index in [1.807, 2.05) is 0 Å². The molecule has 0 radical (unpaired) electrons. The summed E-state index contributed by atoms with van der Waals surface area (Å²) < 4.78 is 5.30. The zero-order valence-corrected chi connectivity index (χ0v) is 12.9. The molecule has 0 aromatic carbocycles. The Morgan fingerprint density at radius 3 is 2.20 bits per heavy atom. The minimum Gasteiger partial charge on any atom is -1.00 e. The molecule has 0 fully saturated rings. The molecular weight excluding hydrogens is 290 g/mol. The van der Waals surface area contributed by atoms with Gasteiger partial charge in [-0.25, -0.2) is 0 Å². The smallest absolute Gasteiger partial charge is 1.00 e. The molecular formula is C10H15Cl3OTi. The fraction of sp³-hybridized carbons (Fsp3) is 0.600. The predicted molar refractivity (Wildman–Crippen MR) is 46.7 cm³/mol. The number of halogens is 3. The fourth-order valence-electron chi connectivity index (χ4n) is 1.32. The molecule has 1 aliphatic carbocycles. The van der Waals surface area contributed by atoms with E-state index in [2.05, 4.69) is 46.4 Å². The number of allylic oxidation sites excluding steroid dienone is 3. The summed E-state index contributed by atoms with van der Waals surface area (Å²) in [7, 11) is 1.75. The van der Waals surface area contributed by atoms with E-state index in [0.29, 0.717) is 0 Å². The number of hydrogen-bond acceptors (Lipinski definition) is 1. The van der Waals surface area contributed by atoms with Gasteiger partial charge in [-0.1, -0.05) is 0 Å². The molecule has 1 nitrogen and oxygen atoms in total. The van der Waals surface area contributed by atoms with E-state index in [0.717, 1.165) is 13.0 Å². The van der Waals surface area contributed by atoms with Gasteiger partial charge in [-0.15, -0.1) is 0 Å². The van der Waals surface area contributed by atoms with Crippen LogP contribution in [0.3, 0.4) is 0 Å². The first-order valence-corrected chi connectivity index (χ1v) is 4.99. The second-order valence-electron chi connectivity index (χ2n) is 3.49. The molecule has 0 saturated heterocycles. The van der Waals surface area contributed by atoms with Gasteiger partial charge in [0.1, 0.15) is 0 Å². The zero-order valence-electron chi connectivity index (χ0n) is 9.11. The van der Waals surface area contributed by atoms with Crippen molar-refractivity contribution in [2.45, 2.75) is 24.0 Å². The van der Waals surface area contributed by atoms with Crippen LogP contribution in [0.4, 0.5) is 0 Å². The van der Waals surface area contributed by atoms with Crippen LogP contribution < -0.4 is 37.2 Å². The van der Waals surface area contributed by atoms with Gasteiger partial charge in [-0.05, 0) is 0 Å². The summed E-state index contributed by atoms with van der Waals surface area (Å²) in [6, 6.07) is 0. The summed E-state index contributed by atoms with van der Waals surface area (Å²) >= 11 is 2.25. The van der Waals surface area contributed by atoms with Gasteiger partial charge in [0.15, 0.2) is 0 Å². The molecule has 0 heterocycles. The summed E-state index contributed by atoms with van der Waals surface area (Å²) in [5.41, 5.74) is 2.87. The third-order valence-electron chi connectivity index (χ3n) is 2.29. The van der Waals surface area contributed by atoms with Gasteiger partial charge < -0.3 is 37.2 Å². The van der Waals surface area contributed by atoms with E-state index in [4.69, 9.17) is 4.74 Å². The maximum Gasteiger partial charge on any atom is -1.00 e. The summed E-state index contributed by atoms with van der Waals surface area (Å²) in [5, 5.41) is 0. The third-order valence-corrected chi connectivity index (χ3v) is 3.13. The normalized spacial score (nSPS) is 23.0. The summed E-state index contributed by atoms with van der Waals surface area (Å²) in [6.45, 7) is 5.26. The van der Waals surface area contributed by atoms with Crippen LogP contribution in [0, 0.1) is 0 Å². The SMILES string of the molecule is COCCC1=C[C](C)([Ti+3])C(C)=C1.[Cl-].[Cl-].[Cl-]. The van der Waals surface area contributed by atoms with Crippen LogP contribution in [0.5, 0.6) is 0 Å². The maximum absolute atomic E-state index is 5.04. The quantitative estimate of drug-likeness (QED) is 0.472. The fourth-order valence-corrected chi connectivity index (χ4v) is 1.72. The van der Waals surface area contributed by atoms with Crippen molar-refractivity contribution in [3.63, 3.8) is 0 Å². The summed E-state index contributed by atoms with van der Waals surface area (Å²) in [4.78, 5) is 0. The Hall–Kier alpha value is 1.02.